The Morgan fingerprint density at radius 3 is 2.52 bits per heavy atom. The van der Waals surface area contributed by atoms with E-state index in [2.05, 4.69) is 37.1 Å². The van der Waals surface area contributed by atoms with Gasteiger partial charge in [-0.2, -0.15) is 0 Å². The van der Waals surface area contributed by atoms with Gasteiger partial charge in [0.15, 0.2) is 0 Å². The number of carbonyl (C=O) groups excluding carboxylic acids is 1. The maximum atomic E-state index is 13.1. The van der Waals surface area contributed by atoms with Gasteiger partial charge in [0.2, 0.25) is 0 Å². The zero-order valence-electron chi connectivity index (χ0n) is 16.8. The quantitative estimate of drug-likeness (QED) is 0.294. The van der Waals surface area contributed by atoms with Gasteiger partial charge >= 0.3 is 0 Å². The van der Waals surface area contributed by atoms with Crippen LogP contribution in [0.4, 0.5) is 11.4 Å². The molecule has 1 heterocycles. The molecule has 0 fully saturated rings. The molecule has 29 heavy (non-hydrogen) atoms. The van der Waals surface area contributed by atoms with E-state index in [0.717, 1.165) is 32.8 Å². The number of alkyl halides is 1. The molecule has 0 spiro atoms. The molecule has 0 aliphatic heterocycles. The average molecular weight is 406 g/mol. The average Bonchev–Trinajstić information content (AvgIpc) is 3.13. The first-order valence-electron chi connectivity index (χ1n) is 9.67. The first-order valence-corrected chi connectivity index (χ1v) is 10.2. The highest BCUT2D eigenvalue weighted by molar-refractivity contribution is 6.18. The Labute approximate surface area is 175 Å². The number of amides is 1. The highest BCUT2D eigenvalue weighted by Crippen LogP contribution is 2.33. The second-order valence-electron chi connectivity index (χ2n) is 7.52. The van der Waals surface area contributed by atoms with Gasteiger partial charge in [-0.1, -0.05) is 24.3 Å². The number of nitrogen functional groups attached to an aromatic ring is 1. The van der Waals surface area contributed by atoms with Crippen molar-refractivity contribution in [1.82, 2.24) is 4.98 Å². The molecule has 4 nitrogen and oxygen atoms in total. The zero-order chi connectivity index (χ0) is 20.7. The molecule has 0 radical (unpaired) electrons. The number of aromatic amines is 1. The topological polar surface area (TPSA) is 70.9 Å². The summed E-state index contributed by atoms with van der Waals surface area (Å²) in [6.45, 7) is 6.26. The summed E-state index contributed by atoms with van der Waals surface area (Å²) in [4.78, 5) is 16.3. The SMILES string of the molecule is Cc1cc2cc(C(=O)Nc3cc(N)c4ccccc4c3CCCl)[nH]c2c(C)c1C. The molecule has 1 aromatic heterocycles. The van der Waals surface area contributed by atoms with Crippen molar-refractivity contribution >= 4 is 50.6 Å². The molecule has 148 valence electrons. The summed E-state index contributed by atoms with van der Waals surface area (Å²) in [6.07, 6.45) is 0.641. The summed E-state index contributed by atoms with van der Waals surface area (Å²) < 4.78 is 0. The minimum atomic E-state index is -0.193. The summed E-state index contributed by atoms with van der Waals surface area (Å²) in [5.74, 6) is 0.266. The summed E-state index contributed by atoms with van der Waals surface area (Å²) in [5.41, 5.74) is 13.7. The van der Waals surface area contributed by atoms with Crippen LogP contribution in [-0.4, -0.2) is 16.8 Å². The first-order chi connectivity index (χ1) is 13.9. The number of H-pyrrole nitrogens is 1. The highest BCUT2D eigenvalue weighted by atomic mass is 35.5. The van der Waals surface area contributed by atoms with Crippen LogP contribution in [0.2, 0.25) is 0 Å². The van der Waals surface area contributed by atoms with Crippen molar-refractivity contribution in [2.24, 2.45) is 0 Å². The van der Waals surface area contributed by atoms with Gasteiger partial charge in [-0.25, -0.2) is 0 Å². The molecule has 0 aliphatic carbocycles. The molecule has 5 heteroatoms. The number of carbonyl (C=O) groups is 1. The van der Waals surface area contributed by atoms with Gasteiger partial charge in [0.25, 0.3) is 5.91 Å². The van der Waals surface area contributed by atoms with E-state index in [-0.39, 0.29) is 5.91 Å². The van der Waals surface area contributed by atoms with Crippen LogP contribution >= 0.6 is 11.6 Å². The molecular formula is C24H24ClN3O. The summed E-state index contributed by atoms with van der Waals surface area (Å²) in [6, 6.07) is 13.8. The van der Waals surface area contributed by atoms with Crippen LogP contribution < -0.4 is 11.1 Å². The van der Waals surface area contributed by atoms with Crippen LogP contribution in [0.3, 0.4) is 0 Å². The smallest absolute Gasteiger partial charge is 0.272 e. The first kappa shape index (κ1) is 19.3. The molecule has 0 aliphatic rings. The number of nitrogens with two attached hydrogens (primary N) is 1. The standard InChI is InChI=1S/C24H24ClN3O/c1-13-10-16-11-22(27-23(16)15(3)14(13)2)24(29)28-21-12-20(26)18-7-5-4-6-17(18)19(21)8-9-25/h4-7,10-12,27H,8-9,26H2,1-3H3,(H,28,29). The third-order valence-corrected chi connectivity index (χ3v) is 5.96. The lowest BCUT2D eigenvalue weighted by Crippen LogP contribution is -2.14. The minimum absolute atomic E-state index is 0.193. The van der Waals surface area contributed by atoms with Crippen molar-refractivity contribution in [3.05, 3.63) is 70.4 Å². The Balaban J connectivity index is 1.77. The number of fused-ring (bicyclic) bond motifs is 2. The highest BCUT2D eigenvalue weighted by Gasteiger charge is 2.16. The number of aromatic nitrogens is 1. The molecular weight excluding hydrogens is 382 g/mol. The molecule has 4 aromatic rings. The van der Waals surface area contributed by atoms with Crippen molar-refractivity contribution in [2.75, 3.05) is 16.9 Å². The van der Waals surface area contributed by atoms with Crippen molar-refractivity contribution in [1.29, 1.82) is 0 Å². The van der Waals surface area contributed by atoms with Gasteiger partial charge in [0.1, 0.15) is 5.69 Å². The van der Waals surface area contributed by atoms with Gasteiger partial charge < -0.3 is 16.0 Å². The molecule has 0 saturated carbocycles. The van der Waals surface area contributed by atoms with Crippen molar-refractivity contribution in [2.45, 2.75) is 27.2 Å². The largest absolute Gasteiger partial charge is 0.398 e. The van der Waals surface area contributed by atoms with E-state index < -0.39 is 0 Å². The number of anilines is 2. The molecule has 4 rings (SSSR count). The number of hydrogen-bond acceptors (Lipinski definition) is 2. The molecule has 4 N–H and O–H groups in total. The third-order valence-electron chi connectivity index (χ3n) is 5.77. The van der Waals surface area contributed by atoms with Crippen molar-refractivity contribution < 1.29 is 4.79 Å². The fourth-order valence-corrected chi connectivity index (χ4v) is 4.16. The van der Waals surface area contributed by atoms with E-state index in [0.29, 0.717) is 29.4 Å². The van der Waals surface area contributed by atoms with Crippen LogP contribution in [0.5, 0.6) is 0 Å². The number of halogens is 1. The second kappa shape index (κ2) is 7.45. The van der Waals surface area contributed by atoms with Crippen molar-refractivity contribution in [3.63, 3.8) is 0 Å². The van der Waals surface area contributed by atoms with E-state index in [9.17, 15) is 4.79 Å². The number of rotatable bonds is 4. The Morgan fingerprint density at radius 1 is 1.07 bits per heavy atom. The fourth-order valence-electron chi connectivity index (χ4n) is 3.97. The van der Waals surface area contributed by atoms with Gasteiger partial charge in [-0.15, -0.1) is 11.6 Å². The van der Waals surface area contributed by atoms with Gasteiger partial charge in [0, 0.05) is 33.5 Å². The van der Waals surface area contributed by atoms with Gasteiger partial charge in [-0.05, 0) is 73.0 Å². The third kappa shape index (κ3) is 3.34. The second-order valence-corrected chi connectivity index (χ2v) is 7.90. The van der Waals surface area contributed by atoms with Crippen LogP contribution in [0.1, 0.15) is 32.7 Å². The van der Waals surface area contributed by atoms with E-state index in [1.165, 1.54) is 11.1 Å². The van der Waals surface area contributed by atoms with Crippen molar-refractivity contribution in [3.8, 4) is 0 Å². The molecule has 0 bridgehead atoms. The predicted molar refractivity (Wildman–Crippen MR) is 123 cm³/mol. The van der Waals surface area contributed by atoms with Gasteiger partial charge in [-0.3, -0.25) is 4.79 Å². The molecule has 0 saturated heterocycles. The van der Waals surface area contributed by atoms with Crippen LogP contribution in [0.15, 0.2) is 42.5 Å². The maximum Gasteiger partial charge on any atom is 0.272 e. The summed E-state index contributed by atoms with van der Waals surface area (Å²) in [7, 11) is 0. The summed E-state index contributed by atoms with van der Waals surface area (Å²) >= 11 is 6.05. The van der Waals surface area contributed by atoms with Crippen LogP contribution in [-0.2, 0) is 6.42 Å². The fraction of sp³-hybridized carbons (Fsp3) is 0.208. The number of aryl methyl sites for hydroxylation is 3. The Morgan fingerprint density at radius 2 is 1.79 bits per heavy atom. The minimum Gasteiger partial charge on any atom is -0.398 e. The molecule has 1 amide bonds. The Kier molecular flexibility index (Phi) is 4.97. The number of hydrogen-bond donors (Lipinski definition) is 3. The lowest BCUT2D eigenvalue weighted by atomic mass is 9.99. The zero-order valence-corrected chi connectivity index (χ0v) is 17.6. The number of benzene rings is 3. The molecule has 0 unspecified atom stereocenters. The van der Waals surface area contributed by atoms with E-state index >= 15 is 0 Å². The lowest BCUT2D eigenvalue weighted by Gasteiger charge is -2.15. The molecule has 0 atom stereocenters. The molecule has 3 aromatic carbocycles. The van der Waals surface area contributed by atoms with Crippen LogP contribution in [0, 0.1) is 20.8 Å². The lowest BCUT2D eigenvalue weighted by molar-refractivity contribution is 0.102. The van der Waals surface area contributed by atoms with E-state index in [4.69, 9.17) is 17.3 Å². The van der Waals surface area contributed by atoms with Gasteiger partial charge in [0.05, 0.1) is 0 Å². The Hall–Kier alpha value is -2.98. The van der Waals surface area contributed by atoms with E-state index in [1.54, 1.807) is 0 Å². The number of nitrogens with one attached hydrogen (secondary N) is 2. The Bertz CT molecular complexity index is 1260. The predicted octanol–water partition coefficient (Wildman–Crippen LogP) is 5.86. The van der Waals surface area contributed by atoms with Crippen LogP contribution in [0.25, 0.3) is 21.7 Å². The van der Waals surface area contributed by atoms with E-state index in [1.807, 2.05) is 36.4 Å². The normalized spacial score (nSPS) is 11.3. The summed E-state index contributed by atoms with van der Waals surface area (Å²) in [5, 5.41) is 6.07. The maximum absolute atomic E-state index is 13.1. The monoisotopic (exact) mass is 405 g/mol.